The topological polar surface area (TPSA) is 151 Å². The van der Waals surface area contributed by atoms with E-state index in [2.05, 4.69) is 6.07 Å². The molecule has 0 bridgehead atoms. The summed E-state index contributed by atoms with van der Waals surface area (Å²) < 4.78 is 11.2. The van der Waals surface area contributed by atoms with Gasteiger partial charge < -0.3 is 29.7 Å². The van der Waals surface area contributed by atoms with E-state index in [4.69, 9.17) is 9.47 Å². The number of amides is 1. The second kappa shape index (κ2) is 12.3. The lowest BCUT2D eigenvalue weighted by atomic mass is 9.86. The zero-order chi connectivity index (χ0) is 30.7. The number of fused-ring (bicyclic) bond motifs is 1. The molecular formula is C32H29NO9S. The summed E-state index contributed by atoms with van der Waals surface area (Å²) in [5.41, 5.74) is 2.89. The zero-order valence-electron chi connectivity index (χ0n) is 23.1. The molecule has 11 heteroatoms. The summed E-state index contributed by atoms with van der Waals surface area (Å²) >= 11 is 1.61. The SMILES string of the molecule is CC(C(Cc1cc2ccccc2s1)c1ccc(-c2ccccc2)cc1)N(CC(=O)O)C(=O)C1COC(C(=O)O)(C(=O)O)O1. The van der Waals surface area contributed by atoms with Crippen molar-refractivity contribution in [2.45, 2.75) is 37.2 Å². The maximum Gasteiger partial charge on any atom is 0.377 e. The third kappa shape index (κ3) is 6.14. The minimum atomic E-state index is -3.05. The van der Waals surface area contributed by atoms with Crippen LogP contribution in [0.15, 0.2) is 84.9 Å². The molecule has 0 aliphatic carbocycles. The van der Waals surface area contributed by atoms with Gasteiger partial charge in [0.15, 0.2) is 6.10 Å². The van der Waals surface area contributed by atoms with Crippen LogP contribution in [-0.2, 0) is 35.1 Å². The van der Waals surface area contributed by atoms with Crippen LogP contribution in [0, 0.1) is 0 Å². The van der Waals surface area contributed by atoms with Crippen molar-refractivity contribution in [3.8, 4) is 11.1 Å². The standard InChI is InChI=1S/C32H29NO9S/c1-19(33(17-28(34)35)29(36)26-18-41-32(42-26,30(37)38)31(39)40)25(16-24-15-23-9-5-6-10-27(23)43-24)22-13-11-21(12-14-22)20-7-3-2-4-8-20/h2-15,19,25-26H,16-18H2,1H3,(H,34,35)(H,37,38)(H,39,40). The predicted octanol–water partition coefficient (Wildman–Crippen LogP) is 4.48. The van der Waals surface area contributed by atoms with Gasteiger partial charge in [0.1, 0.15) is 6.54 Å². The van der Waals surface area contributed by atoms with Crippen molar-refractivity contribution in [2.24, 2.45) is 0 Å². The number of carbonyl (C=O) groups excluding carboxylic acids is 1. The van der Waals surface area contributed by atoms with Crippen molar-refractivity contribution < 1.29 is 44.0 Å². The van der Waals surface area contributed by atoms with Gasteiger partial charge in [-0.1, -0.05) is 72.8 Å². The Morgan fingerprint density at radius 2 is 1.53 bits per heavy atom. The summed E-state index contributed by atoms with van der Waals surface area (Å²) in [6, 6.07) is 27.0. The molecule has 0 saturated carbocycles. The Balaban J connectivity index is 1.50. The summed E-state index contributed by atoms with van der Waals surface area (Å²) in [6.45, 7) is 0.354. The summed E-state index contributed by atoms with van der Waals surface area (Å²) in [5, 5.41) is 29.7. The molecule has 1 aromatic heterocycles. The van der Waals surface area contributed by atoms with Crippen LogP contribution in [0.3, 0.4) is 0 Å². The van der Waals surface area contributed by atoms with Crippen molar-refractivity contribution in [1.29, 1.82) is 0 Å². The Kier molecular flexibility index (Phi) is 8.58. The smallest absolute Gasteiger partial charge is 0.377 e. The van der Waals surface area contributed by atoms with Crippen LogP contribution < -0.4 is 0 Å². The number of thiophene rings is 1. The molecule has 2 heterocycles. The van der Waals surface area contributed by atoms with E-state index in [1.807, 2.05) is 78.9 Å². The molecule has 222 valence electrons. The first-order valence-corrected chi connectivity index (χ1v) is 14.3. The molecule has 0 radical (unpaired) electrons. The molecule has 5 rings (SSSR count). The normalized spacial score (nSPS) is 17.3. The Morgan fingerprint density at radius 1 is 0.907 bits per heavy atom. The quantitative estimate of drug-likeness (QED) is 0.211. The molecule has 0 spiro atoms. The average Bonchev–Trinajstić information content (AvgIpc) is 3.64. The number of carboxylic acids is 3. The fourth-order valence-electron chi connectivity index (χ4n) is 5.34. The van der Waals surface area contributed by atoms with Gasteiger partial charge in [0.05, 0.1) is 6.61 Å². The second-order valence-electron chi connectivity index (χ2n) is 10.3. The number of benzene rings is 3. The number of carboxylic acid groups (broad SMARTS) is 3. The Labute approximate surface area is 250 Å². The van der Waals surface area contributed by atoms with Crippen LogP contribution >= 0.6 is 11.3 Å². The van der Waals surface area contributed by atoms with Crippen LogP contribution in [0.2, 0.25) is 0 Å². The third-order valence-corrected chi connectivity index (χ3v) is 8.73. The molecule has 3 N–H and O–H groups in total. The van der Waals surface area contributed by atoms with Crippen molar-refractivity contribution >= 4 is 45.2 Å². The van der Waals surface area contributed by atoms with E-state index in [-0.39, 0.29) is 5.92 Å². The highest BCUT2D eigenvalue weighted by molar-refractivity contribution is 7.19. The van der Waals surface area contributed by atoms with Gasteiger partial charge >= 0.3 is 23.7 Å². The molecule has 1 saturated heterocycles. The van der Waals surface area contributed by atoms with Crippen molar-refractivity contribution in [3.63, 3.8) is 0 Å². The van der Waals surface area contributed by atoms with Crippen LogP contribution in [0.5, 0.6) is 0 Å². The lowest BCUT2D eigenvalue weighted by Gasteiger charge is -2.35. The van der Waals surface area contributed by atoms with Crippen molar-refractivity contribution in [2.75, 3.05) is 13.2 Å². The van der Waals surface area contributed by atoms with Crippen molar-refractivity contribution in [1.82, 2.24) is 4.90 Å². The van der Waals surface area contributed by atoms with Crippen LogP contribution in [0.25, 0.3) is 21.2 Å². The van der Waals surface area contributed by atoms with E-state index in [9.17, 15) is 34.5 Å². The Morgan fingerprint density at radius 3 is 2.14 bits per heavy atom. The molecule has 3 atom stereocenters. The first kappa shape index (κ1) is 29.9. The van der Waals surface area contributed by atoms with Gasteiger partial charge in [0.2, 0.25) is 0 Å². The van der Waals surface area contributed by atoms with Crippen LogP contribution in [0.1, 0.15) is 23.3 Å². The van der Waals surface area contributed by atoms with Gasteiger partial charge in [0, 0.05) is 21.5 Å². The number of rotatable bonds is 11. The van der Waals surface area contributed by atoms with Crippen molar-refractivity contribution in [3.05, 3.63) is 95.4 Å². The predicted molar refractivity (Wildman–Crippen MR) is 158 cm³/mol. The maximum absolute atomic E-state index is 13.7. The Hall–Kier alpha value is -4.58. The number of carbonyl (C=O) groups is 4. The van der Waals surface area contributed by atoms with Gasteiger partial charge in [-0.05, 0) is 47.6 Å². The summed E-state index contributed by atoms with van der Waals surface area (Å²) in [4.78, 5) is 51.1. The summed E-state index contributed by atoms with van der Waals surface area (Å²) in [6.07, 6.45) is -1.15. The maximum atomic E-state index is 13.7. The van der Waals surface area contributed by atoms with Gasteiger partial charge in [-0.15, -0.1) is 11.3 Å². The third-order valence-electron chi connectivity index (χ3n) is 7.59. The number of nitrogens with zero attached hydrogens (tertiary/aromatic N) is 1. The molecule has 3 aromatic carbocycles. The van der Waals surface area contributed by atoms with Crippen LogP contribution in [0.4, 0.5) is 0 Å². The van der Waals surface area contributed by atoms with Gasteiger partial charge in [-0.2, -0.15) is 0 Å². The molecule has 1 amide bonds. The minimum absolute atomic E-state index is 0.382. The van der Waals surface area contributed by atoms with E-state index in [0.717, 1.165) is 36.6 Å². The van der Waals surface area contributed by atoms with E-state index >= 15 is 0 Å². The first-order chi connectivity index (χ1) is 20.6. The van der Waals surface area contributed by atoms with E-state index in [1.54, 1.807) is 18.3 Å². The fraction of sp³-hybridized carbons (Fsp3) is 0.250. The fourth-order valence-corrected chi connectivity index (χ4v) is 6.47. The Bertz CT molecular complexity index is 1600. The van der Waals surface area contributed by atoms with Gasteiger partial charge in [-0.3, -0.25) is 9.59 Å². The number of aliphatic carboxylic acids is 3. The minimum Gasteiger partial charge on any atom is -0.480 e. The summed E-state index contributed by atoms with van der Waals surface area (Å²) in [5.74, 6) is -9.44. The number of hydrogen-bond acceptors (Lipinski definition) is 7. The monoisotopic (exact) mass is 603 g/mol. The van der Waals surface area contributed by atoms with E-state index in [1.165, 1.54) is 0 Å². The molecule has 1 aliphatic rings. The molecule has 1 aliphatic heterocycles. The lowest BCUT2D eigenvalue weighted by Crippen LogP contribution is -2.52. The molecule has 10 nitrogen and oxygen atoms in total. The summed E-state index contributed by atoms with van der Waals surface area (Å²) in [7, 11) is 0. The average molecular weight is 604 g/mol. The first-order valence-electron chi connectivity index (χ1n) is 13.5. The van der Waals surface area contributed by atoms with Crippen LogP contribution in [-0.4, -0.2) is 75.1 Å². The largest absolute Gasteiger partial charge is 0.480 e. The second-order valence-corrected chi connectivity index (χ2v) is 11.5. The molecule has 3 unspecified atom stereocenters. The molecule has 1 fully saturated rings. The molecular weight excluding hydrogens is 574 g/mol. The van der Waals surface area contributed by atoms with E-state index < -0.39 is 54.9 Å². The highest BCUT2D eigenvalue weighted by Crippen LogP contribution is 2.35. The lowest BCUT2D eigenvalue weighted by molar-refractivity contribution is -0.218. The number of hydrogen-bond donors (Lipinski definition) is 3. The highest BCUT2D eigenvalue weighted by Gasteiger charge is 2.58. The van der Waals surface area contributed by atoms with Gasteiger partial charge in [0.25, 0.3) is 5.91 Å². The zero-order valence-corrected chi connectivity index (χ0v) is 23.9. The highest BCUT2D eigenvalue weighted by atomic mass is 32.1. The van der Waals surface area contributed by atoms with E-state index in [0.29, 0.717) is 6.42 Å². The molecule has 43 heavy (non-hydrogen) atoms. The number of ether oxygens (including phenoxy) is 2. The van der Waals surface area contributed by atoms with Gasteiger partial charge in [-0.25, -0.2) is 9.59 Å². The molecule has 4 aromatic rings.